The van der Waals surface area contributed by atoms with Crippen LogP contribution in [0.4, 0.5) is 0 Å². The summed E-state index contributed by atoms with van der Waals surface area (Å²) in [7, 11) is 4.31. The van der Waals surface area contributed by atoms with Crippen molar-refractivity contribution in [2.45, 2.75) is 58.2 Å². The van der Waals surface area contributed by atoms with Crippen molar-refractivity contribution in [3.05, 3.63) is 65.1 Å². The van der Waals surface area contributed by atoms with Crippen molar-refractivity contribution in [1.82, 2.24) is 14.5 Å². The maximum absolute atomic E-state index is 13.0. The van der Waals surface area contributed by atoms with Gasteiger partial charge in [0.2, 0.25) is 0 Å². The fraction of sp³-hybridized carbons (Fsp3) is 0.481. The Kier molecular flexibility index (Phi) is 6.34. The van der Waals surface area contributed by atoms with E-state index in [1.807, 2.05) is 32.9 Å². The highest BCUT2D eigenvalue weighted by atomic mass is 16.6. The highest BCUT2D eigenvalue weighted by Crippen LogP contribution is 2.43. The Morgan fingerprint density at radius 1 is 1.30 bits per heavy atom. The van der Waals surface area contributed by atoms with Crippen LogP contribution in [0.15, 0.2) is 42.7 Å². The number of carbonyl (C=O) groups excluding carboxylic acids is 1. The van der Waals surface area contributed by atoms with Crippen molar-refractivity contribution in [3.63, 3.8) is 0 Å². The summed E-state index contributed by atoms with van der Waals surface area (Å²) in [5.41, 5.74) is 11.4. The van der Waals surface area contributed by atoms with Crippen LogP contribution in [0.25, 0.3) is 10.9 Å². The van der Waals surface area contributed by atoms with E-state index in [1.54, 1.807) is 12.4 Å². The Morgan fingerprint density at radius 2 is 2.06 bits per heavy atom. The lowest BCUT2D eigenvalue weighted by Crippen LogP contribution is -2.43. The van der Waals surface area contributed by atoms with E-state index >= 15 is 0 Å². The Labute approximate surface area is 196 Å². The minimum atomic E-state index is -0.843. The van der Waals surface area contributed by atoms with Crippen LogP contribution in [-0.4, -0.2) is 40.1 Å². The molecule has 0 amide bonds. The van der Waals surface area contributed by atoms with Crippen molar-refractivity contribution >= 4 is 16.9 Å². The maximum atomic E-state index is 13.0. The standard InChI is InChI=1S/C27H36N4O2/c1-17(2)24(28)26(32)33-27(4,20-8-7-11-29-14-20)13-19-15-30(5)16-22-21-12-18(3)9-10-23(21)31(6)25(19)22/h7-12,14,17,19,24H,13,15-16,28H2,1-6H3. The monoisotopic (exact) mass is 448 g/mol. The fourth-order valence-electron chi connectivity index (χ4n) is 5.23. The zero-order chi connectivity index (χ0) is 23.9. The number of hydrogen-bond acceptors (Lipinski definition) is 5. The van der Waals surface area contributed by atoms with Gasteiger partial charge in [0.25, 0.3) is 0 Å². The molecule has 0 spiro atoms. The zero-order valence-electron chi connectivity index (χ0n) is 20.6. The molecule has 3 unspecified atom stereocenters. The lowest BCUT2D eigenvalue weighted by Gasteiger charge is -2.38. The molecule has 1 aliphatic rings. The molecule has 2 aromatic heterocycles. The van der Waals surface area contributed by atoms with E-state index in [9.17, 15) is 4.79 Å². The molecule has 6 heteroatoms. The summed E-state index contributed by atoms with van der Waals surface area (Å²) in [6, 6.07) is 9.88. The predicted molar refractivity (Wildman–Crippen MR) is 132 cm³/mol. The lowest BCUT2D eigenvalue weighted by atomic mass is 9.82. The molecule has 0 saturated carbocycles. The minimum absolute atomic E-state index is 0.00415. The van der Waals surface area contributed by atoms with Gasteiger partial charge in [-0.15, -0.1) is 0 Å². The van der Waals surface area contributed by atoms with Gasteiger partial charge in [-0.3, -0.25) is 9.78 Å². The third kappa shape index (κ3) is 4.42. The molecular weight excluding hydrogens is 412 g/mol. The molecular formula is C27H36N4O2. The molecule has 1 aromatic carbocycles. The van der Waals surface area contributed by atoms with Crippen LogP contribution in [0.3, 0.4) is 0 Å². The summed E-state index contributed by atoms with van der Waals surface area (Å²) in [4.78, 5) is 19.7. The molecule has 176 valence electrons. The third-order valence-corrected chi connectivity index (χ3v) is 7.08. The van der Waals surface area contributed by atoms with Crippen molar-refractivity contribution in [2.75, 3.05) is 13.6 Å². The molecule has 2 N–H and O–H groups in total. The summed E-state index contributed by atoms with van der Waals surface area (Å²) in [6.45, 7) is 9.81. The van der Waals surface area contributed by atoms with Crippen molar-refractivity contribution in [2.24, 2.45) is 18.7 Å². The molecule has 3 heterocycles. The van der Waals surface area contributed by atoms with Gasteiger partial charge in [-0.25, -0.2) is 0 Å². The maximum Gasteiger partial charge on any atom is 0.324 e. The Hall–Kier alpha value is -2.70. The number of likely N-dealkylation sites (N-methyl/N-ethyl adjacent to an activating group) is 1. The smallest absolute Gasteiger partial charge is 0.324 e. The Balaban J connectivity index is 1.77. The average Bonchev–Trinajstić information content (AvgIpc) is 3.04. The molecule has 33 heavy (non-hydrogen) atoms. The second-order valence-electron chi connectivity index (χ2n) is 10.2. The van der Waals surface area contributed by atoms with Crippen molar-refractivity contribution in [1.29, 1.82) is 0 Å². The number of nitrogens with two attached hydrogens (primary N) is 1. The van der Waals surface area contributed by atoms with Gasteiger partial charge in [-0.1, -0.05) is 31.5 Å². The van der Waals surface area contributed by atoms with Crippen LogP contribution in [0.5, 0.6) is 0 Å². The summed E-state index contributed by atoms with van der Waals surface area (Å²) < 4.78 is 8.53. The fourth-order valence-corrected chi connectivity index (χ4v) is 5.23. The van der Waals surface area contributed by atoms with Gasteiger partial charge in [0.1, 0.15) is 11.6 Å². The van der Waals surface area contributed by atoms with Crippen LogP contribution in [-0.2, 0) is 28.7 Å². The molecule has 1 aliphatic heterocycles. The van der Waals surface area contributed by atoms with Crippen molar-refractivity contribution in [3.8, 4) is 0 Å². The van der Waals surface area contributed by atoms with E-state index in [4.69, 9.17) is 10.5 Å². The second-order valence-corrected chi connectivity index (χ2v) is 10.2. The third-order valence-electron chi connectivity index (χ3n) is 7.08. The number of aromatic nitrogens is 2. The number of pyridine rings is 1. The normalized spacial score (nSPS) is 19.3. The van der Waals surface area contributed by atoms with E-state index in [1.165, 1.54) is 27.7 Å². The average molecular weight is 449 g/mol. The van der Waals surface area contributed by atoms with Crippen LogP contribution >= 0.6 is 0 Å². The SMILES string of the molecule is Cc1ccc2c(c1)c1c(n2C)C(CC(C)(OC(=O)C(N)C(C)C)c2cccnc2)CN(C)C1. The van der Waals surface area contributed by atoms with Crippen LogP contribution in [0, 0.1) is 12.8 Å². The number of fused-ring (bicyclic) bond motifs is 3. The predicted octanol–water partition coefficient (Wildman–Crippen LogP) is 4.24. The van der Waals surface area contributed by atoms with Crippen LogP contribution < -0.4 is 5.73 Å². The topological polar surface area (TPSA) is 73.4 Å². The molecule has 4 rings (SSSR count). The van der Waals surface area contributed by atoms with E-state index in [-0.39, 0.29) is 17.8 Å². The number of nitrogens with zero attached hydrogens (tertiary/aromatic N) is 3. The van der Waals surface area contributed by atoms with E-state index in [0.29, 0.717) is 6.42 Å². The second kappa shape index (κ2) is 8.92. The van der Waals surface area contributed by atoms with Gasteiger partial charge >= 0.3 is 5.97 Å². The van der Waals surface area contributed by atoms with E-state index in [0.717, 1.165) is 18.7 Å². The largest absolute Gasteiger partial charge is 0.453 e. The first kappa shape index (κ1) is 23.5. The van der Waals surface area contributed by atoms with Crippen molar-refractivity contribution < 1.29 is 9.53 Å². The summed E-state index contributed by atoms with van der Waals surface area (Å²) >= 11 is 0. The Morgan fingerprint density at radius 3 is 2.73 bits per heavy atom. The zero-order valence-corrected chi connectivity index (χ0v) is 20.6. The molecule has 0 saturated heterocycles. The van der Waals surface area contributed by atoms with Crippen LogP contribution in [0.2, 0.25) is 0 Å². The highest BCUT2D eigenvalue weighted by Gasteiger charge is 2.40. The quantitative estimate of drug-likeness (QED) is 0.571. The van der Waals surface area contributed by atoms with E-state index in [2.05, 4.69) is 53.7 Å². The van der Waals surface area contributed by atoms with Gasteiger partial charge in [0, 0.05) is 67.0 Å². The first-order chi connectivity index (χ1) is 15.6. The number of ether oxygens (including phenoxy) is 1. The number of esters is 1. The number of aryl methyl sites for hydroxylation is 2. The number of carbonyl (C=O) groups is 1. The molecule has 0 bridgehead atoms. The van der Waals surface area contributed by atoms with Gasteiger partial charge in [-0.2, -0.15) is 0 Å². The first-order valence-electron chi connectivity index (χ1n) is 11.8. The molecule has 3 atom stereocenters. The first-order valence-corrected chi connectivity index (χ1v) is 11.8. The Bertz CT molecular complexity index is 1150. The summed E-state index contributed by atoms with van der Waals surface area (Å²) in [6.07, 6.45) is 4.19. The number of benzene rings is 1. The van der Waals surface area contributed by atoms with E-state index < -0.39 is 11.6 Å². The summed E-state index contributed by atoms with van der Waals surface area (Å²) in [5, 5.41) is 1.31. The van der Waals surface area contributed by atoms with Crippen LogP contribution in [0.1, 0.15) is 55.5 Å². The van der Waals surface area contributed by atoms with Gasteiger partial charge in [0.05, 0.1) is 0 Å². The number of rotatable bonds is 6. The molecule has 0 aliphatic carbocycles. The van der Waals surface area contributed by atoms with Gasteiger partial charge < -0.3 is 19.9 Å². The molecule has 3 aromatic rings. The molecule has 0 fully saturated rings. The van der Waals surface area contributed by atoms with Gasteiger partial charge in [-0.05, 0) is 50.6 Å². The molecule has 6 nitrogen and oxygen atoms in total. The molecule has 0 radical (unpaired) electrons. The highest BCUT2D eigenvalue weighted by molar-refractivity contribution is 5.86. The lowest BCUT2D eigenvalue weighted by molar-refractivity contribution is -0.163. The van der Waals surface area contributed by atoms with Gasteiger partial charge in [0.15, 0.2) is 0 Å². The summed E-state index contributed by atoms with van der Waals surface area (Å²) in [5.74, 6) is -0.178. The minimum Gasteiger partial charge on any atom is -0.453 e. The number of hydrogen-bond donors (Lipinski definition) is 1.